The minimum atomic E-state index is -0.500. The molecule has 1 atom stereocenters. The standard InChI is InChI=1S/C20H27N3O3S/c1-20(2,3)26-19(24)22(4)10-9-15-12-21-18(27)23(15)16-11-14-7-5-6-8-17(14)25-13-16/h5-8,12,16H,9-11,13H2,1-4H3,(H,21,27)/t16-/m1/s1. The lowest BCUT2D eigenvalue weighted by Crippen LogP contribution is -2.35. The number of carbonyl (C=O) groups excluding carboxylic acids is 1. The number of carbonyl (C=O) groups is 1. The molecule has 1 amide bonds. The molecule has 1 aliphatic heterocycles. The van der Waals surface area contributed by atoms with Crippen molar-refractivity contribution >= 4 is 18.3 Å². The van der Waals surface area contributed by atoms with Gasteiger partial charge in [-0.05, 0) is 44.6 Å². The predicted molar refractivity (Wildman–Crippen MR) is 107 cm³/mol. The first kappa shape index (κ1) is 19.5. The SMILES string of the molecule is CN(CCc1c[nH]c(=S)n1[C@H]1COc2ccccc2C1)C(=O)OC(C)(C)C. The maximum atomic E-state index is 12.2. The molecule has 6 nitrogen and oxygen atoms in total. The van der Waals surface area contributed by atoms with Gasteiger partial charge in [-0.1, -0.05) is 18.2 Å². The van der Waals surface area contributed by atoms with Crippen LogP contribution in [0, 0.1) is 4.77 Å². The van der Waals surface area contributed by atoms with Crippen molar-refractivity contribution in [3.8, 4) is 5.75 Å². The van der Waals surface area contributed by atoms with Gasteiger partial charge >= 0.3 is 6.09 Å². The normalized spacial score (nSPS) is 16.4. The molecule has 2 aromatic rings. The maximum absolute atomic E-state index is 12.2. The van der Waals surface area contributed by atoms with E-state index in [0.29, 0.717) is 24.3 Å². The average molecular weight is 390 g/mol. The summed E-state index contributed by atoms with van der Waals surface area (Å²) in [6, 6.07) is 8.24. The predicted octanol–water partition coefficient (Wildman–Crippen LogP) is 4.13. The Balaban J connectivity index is 1.69. The Hall–Kier alpha value is -2.28. The third-order valence-electron chi connectivity index (χ3n) is 4.52. The first-order valence-electron chi connectivity index (χ1n) is 9.18. The number of para-hydroxylation sites is 1. The number of H-pyrrole nitrogens is 1. The summed E-state index contributed by atoms with van der Waals surface area (Å²) in [5, 5.41) is 0. The van der Waals surface area contributed by atoms with Gasteiger partial charge in [0.05, 0.1) is 6.04 Å². The number of aromatic nitrogens is 2. The molecule has 1 aromatic heterocycles. The van der Waals surface area contributed by atoms with Crippen LogP contribution in [0.1, 0.15) is 38.1 Å². The van der Waals surface area contributed by atoms with Crippen LogP contribution in [0.5, 0.6) is 5.75 Å². The second-order valence-corrected chi connectivity index (χ2v) is 8.27. The van der Waals surface area contributed by atoms with Crippen molar-refractivity contribution in [2.45, 2.75) is 45.3 Å². The van der Waals surface area contributed by atoms with E-state index in [0.717, 1.165) is 17.9 Å². The number of nitrogens with one attached hydrogen (secondary N) is 1. The van der Waals surface area contributed by atoms with Crippen LogP contribution in [-0.4, -0.2) is 46.3 Å². The van der Waals surface area contributed by atoms with Gasteiger partial charge in [-0.25, -0.2) is 4.79 Å². The lowest BCUT2D eigenvalue weighted by molar-refractivity contribution is 0.0300. The molecule has 1 aliphatic rings. The number of hydrogen-bond acceptors (Lipinski definition) is 4. The molecule has 0 saturated heterocycles. The number of fused-ring (bicyclic) bond motifs is 1. The van der Waals surface area contributed by atoms with Crippen LogP contribution in [0.2, 0.25) is 0 Å². The third kappa shape index (κ3) is 4.71. The minimum Gasteiger partial charge on any atom is -0.491 e. The molecule has 3 rings (SSSR count). The molecule has 7 heteroatoms. The quantitative estimate of drug-likeness (QED) is 0.799. The first-order chi connectivity index (χ1) is 12.7. The summed E-state index contributed by atoms with van der Waals surface area (Å²) >= 11 is 5.50. The lowest BCUT2D eigenvalue weighted by Gasteiger charge is -2.28. The first-order valence-corrected chi connectivity index (χ1v) is 9.59. The van der Waals surface area contributed by atoms with Crippen molar-refractivity contribution in [3.63, 3.8) is 0 Å². The Morgan fingerprint density at radius 2 is 2.15 bits per heavy atom. The van der Waals surface area contributed by atoms with Gasteiger partial charge in [-0.15, -0.1) is 0 Å². The molecule has 27 heavy (non-hydrogen) atoms. The van der Waals surface area contributed by atoms with Gasteiger partial charge in [0.25, 0.3) is 0 Å². The van der Waals surface area contributed by atoms with Crippen LogP contribution in [0.15, 0.2) is 30.5 Å². The Morgan fingerprint density at radius 1 is 1.41 bits per heavy atom. The largest absolute Gasteiger partial charge is 0.491 e. The van der Waals surface area contributed by atoms with E-state index < -0.39 is 5.60 Å². The van der Waals surface area contributed by atoms with E-state index in [1.807, 2.05) is 45.2 Å². The third-order valence-corrected chi connectivity index (χ3v) is 4.84. The van der Waals surface area contributed by atoms with Crippen molar-refractivity contribution in [3.05, 3.63) is 46.5 Å². The van der Waals surface area contributed by atoms with Crippen LogP contribution in [0.4, 0.5) is 4.79 Å². The van der Waals surface area contributed by atoms with E-state index in [1.54, 1.807) is 11.9 Å². The van der Waals surface area contributed by atoms with Gasteiger partial charge in [-0.3, -0.25) is 0 Å². The van der Waals surface area contributed by atoms with Crippen molar-refractivity contribution in [2.24, 2.45) is 0 Å². The zero-order valence-electron chi connectivity index (χ0n) is 16.3. The Labute approximate surface area is 165 Å². The van der Waals surface area contributed by atoms with Gasteiger partial charge in [-0.2, -0.15) is 0 Å². The number of likely N-dealkylation sites (N-methyl/N-ethyl adjacent to an activating group) is 1. The molecule has 2 heterocycles. The molecule has 0 aliphatic carbocycles. The fourth-order valence-electron chi connectivity index (χ4n) is 3.20. The topological polar surface area (TPSA) is 59.5 Å². The average Bonchev–Trinajstić information content (AvgIpc) is 2.98. The van der Waals surface area contributed by atoms with Crippen molar-refractivity contribution in [2.75, 3.05) is 20.2 Å². The van der Waals surface area contributed by atoms with Gasteiger partial charge in [0.15, 0.2) is 4.77 Å². The summed E-state index contributed by atoms with van der Waals surface area (Å²) in [7, 11) is 1.75. The highest BCUT2D eigenvalue weighted by Crippen LogP contribution is 2.30. The zero-order valence-corrected chi connectivity index (χ0v) is 17.1. The van der Waals surface area contributed by atoms with Gasteiger partial charge in [0.1, 0.15) is 18.0 Å². The molecule has 0 spiro atoms. The van der Waals surface area contributed by atoms with E-state index in [-0.39, 0.29) is 12.1 Å². The number of ether oxygens (including phenoxy) is 2. The molecule has 1 N–H and O–H groups in total. The number of rotatable bonds is 4. The highest BCUT2D eigenvalue weighted by Gasteiger charge is 2.24. The number of imidazole rings is 1. The highest BCUT2D eigenvalue weighted by molar-refractivity contribution is 7.71. The monoisotopic (exact) mass is 389 g/mol. The molecule has 0 unspecified atom stereocenters. The van der Waals surface area contributed by atoms with E-state index in [1.165, 1.54) is 5.56 Å². The summed E-state index contributed by atoms with van der Waals surface area (Å²) in [5.74, 6) is 0.946. The van der Waals surface area contributed by atoms with Crippen LogP contribution >= 0.6 is 12.2 Å². The van der Waals surface area contributed by atoms with Crippen LogP contribution in [0.3, 0.4) is 0 Å². The summed E-state index contributed by atoms with van der Waals surface area (Å²) in [5.41, 5.74) is 1.75. The van der Waals surface area contributed by atoms with Crippen molar-refractivity contribution in [1.29, 1.82) is 0 Å². The molecule has 0 fully saturated rings. The number of nitrogens with zero attached hydrogens (tertiary/aromatic N) is 2. The van der Waals surface area contributed by atoms with Gasteiger partial charge in [0.2, 0.25) is 0 Å². The number of aromatic amines is 1. The maximum Gasteiger partial charge on any atom is 0.410 e. The lowest BCUT2D eigenvalue weighted by atomic mass is 10.0. The second-order valence-electron chi connectivity index (χ2n) is 7.88. The van der Waals surface area contributed by atoms with E-state index >= 15 is 0 Å². The van der Waals surface area contributed by atoms with E-state index in [4.69, 9.17) is 21.7 Å². The van der Waals surface area contributed by atoms with Crippen LogP contribution in [-0.2, 0) is 17.6 Å². The van der Waals surface area contributed by atoms with Crippen LogP contribution in [0.25, 0.3) is 0 Å². The number of hydrogen-bond donors (Lipinski definition) is 1. The summed E-state index contributed by atoms with van der Waals surface area (Å²) < 4.78 is 14.1. The Bertz CT molecular complexity index is 866. The molecule has 1 aromatic carbocycles. The highest BCUT2D eigenvalue weighted by atomic mass is 32.1. The summed E-state index contributed by atoms with van der Waals surface area (Å²) in [6.07, 6.45) is 3.16. The van der Waals surface area contributed by atoms with Crippen molar-refractivity contribution < 1.29 is 14.3 Å². The molecule has 0 saturated carbocycles. The smallest absolute Gasteiger partial charge is 0.410 e. The fourth-order valence-corrected chi connectivity index (χ4v) is 3.52. The molecule has 0 radical (unpaired) electrons. The van der Waals surface area contributed by atoms with Crippen LogP contribution < -0.4 is 4.74 Å². The van der Waals surface area contributed by atoms with Gasteiger partial charge < -0.3 is 23.9 Å². The number of amides is 1. The Kier molecular flexibility index (Phi) is 5.60. The fraction of sp³-hybridized carbons (Fsp3) is 0.500. The molecular formula is C20H27N3O3S. The number of benzene rings is 1. The second kappa shape index (κ2) is 7.76. The van der Waals surface area contributed by atoms with E-state index in [9.17, 15) is 4.79 Å². The molecule has 146 valence electrons. The minimum absolute atomic E-state index is 0.139. The Morgan fingerprint density at radius 3 is 2.89 bits per heavy atom. The summed E-state index contributed by atoms with van der Waals surface area (Å²) in [4.78, 5) is 16.9. The summed E-state index contributed by atoms with van der Waals surface area (Å²) in [6.45, 7) is 6.72. The molecular weight excluding hydrogens is 362 g/mol. The van der Waals surface area contributed by atoms with E-state index in [2.05, 4.69) is 15.6 Å². The van der Waals surface area contributed by atoms with Crippen molar-refractivity contribution in [1.82, 2.24) is 14.5 Å². The van der Waals surface area contributed by atoms with Gasteiger partial charge in [0, 0.05) is 38.3 Å². The zero-order chi connectivity index (χ0) is 19.6. The molecule has 0 bridgehead atoms.